The molecule has 0 bridgehead atoms. The zero-order valence-electron chi connectivity index (χ0n) is 7.90. The van der Waals surface area contributed by atoms with Crippen LogP contribution in [0.2, 0.25) is 0 Å². The Morgan fingerprint density at radius 3 is 1.75 bits per heavy atom. The van der Waals surface area contributed by atoms with E-state index in [1.54, 1.807) is 0 Å². The molecule has 0 fully saturated rings. The molecule has 99 valence electrons. The van der Waals surface area contributed by atoms with Gasteiger partial charge in [0.1, 0.15) is 30.5 Å². The fourth-order valence-electron chi connectivity index (χ4n) is 0.864. The van der Waals surface area contributed by atoms with E-state index in [9.17, 15) is 9.90 Å². The summed E-state index contributed by atoms with van der Waals surface area (Å²) < 4.78 is 0. The molecule has 16 heavy (non-hydrogen) atoms. The van der Waals surface area contributed by atoms with Gasteiger partial charge in [0.25, 0.3) is 0 Å². The van der Waals surface area contributed by atoms with Crippen molar-refractivity contribution in [3.8, 4) is 0 Å². The topological polar surface area (TPSA) is 162 Å². The molecule has 0 spiro atoms. The summed E-state index contributed by atoms with van der Waals surface area (Å²) in [6.07, 6.45) is -10.5. The van der Waals surface area contributed by atoms with Crippen molar-refractivity contribution in [3.05, 3.63) is 0 Å². The van der Waals surface area contributed by atoms with E-state index in [2.05, 4.69) is 0 Å². The van der Waals surface area contributed by atoms with Crippen molar-refractivity contribution in [3.63, 3.8) is 0 Å². The number of aliphatic hydroxyl groups is 6. The average molecular weight is 289 g/mol. The first-order valence-electron chi connectivity index (χ1n) is 4.05. The van der Waals surface area contributed by atoms with Gasteiger partial charge in [-0.25, -0.2) is 0 Å². The molecule has 0 aromatic carbocycles. The Morgan fingerprint density at radius 1 is 1.00 bits per heavy atom. The van der Waals surface area contributed by atoms with E-state index in [-0.39, 0.29) is 17.1 Å². The van der Waals surface area contributed by atoms with Crippen LogP contribution in [0.5, 0.6) is 0 Å². The standard InChI is InChI=1S/C7H14O8.Cu/c8-1-2(9)3(10)4(11)5(12)6(13)7(14)15;/h2-6,8-13H,1H2,(H,14,15);/q;+2/p-1/t2-,3-,4+,5-,6+;/m1./s1. The molecular formula is C7H13CuO8+. The second-order valence-corrected chi connectivity index (χ2v) is 2.99. The van der Waals surface area contributed by atoms with Crippen molar-refractivity contribution in [2.75, 3.05) is 6.61 Å². The number of carboxylic acids is 1. The Hall–Kier alpha value is -0.251. The quantitative estimate of drug-likeness (QED) is 0.264. The molecule has 0 aromatic rings. The van der Waals surface area contributed by atoms with Gasteiger partial charge in [-0.2, -0.15) is 0 Å². The van der Waals surface area contributed by atoms with Gasteiger partial charge < -0.3 is 40.5 Å². The minimum absolute atomic E-state index is 0. The molecule has 0 rings (SSSR count). The molecular weight excluding hydrogens is 276 g/mol. The molecule has 0 aliphatic rings. The summed E-state index contributed by atoms with van der Waals surface area (Å²) in [5.41, 5.74) is 0. The van der Waals surface area contributed by atoms with Crippen LogP contribution in [0.4, 0.5) is 0 Å². The van der Waals surface area contributed by atoms with Crippen LogP contribution < -0.4 is 5.11 Å². The van der Waals surface area contributed by atoms with Crippen LogP contribution in [0, 0.1) is 0 Å². The molecule has 1 radical (unpaired) electrons. The Labute approximate surface area is 101 Å². The minimum atomic E-state index is -2.40. The first-order valence-corrected chi connectivity index (χ1v) is 4.05. The average Bonchev–Trinajstić information content (AvgIpc) is 2.23. The van der Waals surface area contributed by atoms with Crippen molar-refractivity contribution < 1.29 is 57.6 Å². The summed E-state index contributed by atoms with van der Waals surface area (Å²) in [6.45, 7) is -0.896. The van der Waals surface area contributed by atoms with E-state index in [0.717, 1.165) is 0 Å². The van der Waals surface area contributed by atoms with Crippen LogP contribution in [0.3, 0.4) is 0 Å². The summed E-state index contributed by atoms with van der Waals surface area (Å²) in [5.74, 6) is -2.03. The third kappa shape index (κ3) is 4.72. The van der Waals surface area contributed by atoms with Crippen molar-refractivity contribution >= 4 is 5.97 Å². The summed E-state index contributed by atoms with van der Waals surface area (Å²) in [4.78, 5) is 10.1. The normalized spacial score (nSPS) is 20.1. The van der Waals surface area contributed by atoms with Gasteiger partial charge in [-0.1, -0.05) is 0 Å². The van der Waals surface area contributed by atoms with Crippen molar-refractivity contribution in [2.45, 2.75) is 30.5 Å². The second kappa shape index (κ2) is 7.93. The predicted molar refractivity (Wildman–Crippen MR) is 42.1 cm³/mol. The largest absolute Gasteiger partial charge is 2.00 e. The molecule has 0 aliphatic carbocycles. The number of rotatable bonds is 6. The molecule has 5 atom stereocenters. The summed E-state index contributed by atoms with van der Waals surface area (Å²) >= 11 is 0. The van der Waals surface area contributed by atoms with E-state index in [0.29, 0.717) is 0 Å². The number of hydrogen-bond acceptors (Lipinski definition) is 8. The Kier molecular flexibility index (Phi) is 8.98. The third-order valence-electron chi connectivity index (χ3n) is 1.85. The summed E-state index contributed by atoms with van der Waals surface area (Å²) in [7, 11) is 0. The van der Waals surface area contributed by atoms with Crippen LogP contribution in [-0.4, -0.2) is 73.7 Å². The number of carbonyl (C=O) groups is 1. The van der Waals surface area contributed by atoms with Crippen molar-refractivity contribution in [1.82, 2.24) is 0 Å². The van der Waals surface area contributed by atoms with Crippen molar-refractivity contribution in [1.29, 1.82) is 0 Å². The fourth-order valence-corrected chi connectivity index (χ4v) is 0.864. The number of hydrogen-bond donors (Lipinski definition) is 6. The van der Waals surface area contributed by atoms with Gasteiger partial charge >= 0.3 is 17.1 Å². The van der Waals surface area contributed by atoms with Crippen LogP contribution in [0.15, 0.2) is 0 Å². The Balaban J connectivity index is 0. The molecule has 6 N–H and O–H groups in total. The summed E-state index contributed by atoms with van der Waals surface area (Å²) in [5, 5.41) is 63.2. The smallest absolute Gasteiger partial charge is 0.547 e. The molecule has 0 aromatic heterocycles. The maximum atomic E-state index is 10.1. The van der Waals surface area contributed by atoms with Crippen molar-refractivity contribution in [2.24, 2.45) is 0 Å². The second-order valence-electron chi connectivity index (χ2n) is 2.99. The maximum Gasteiger partial charge on any atom is 2.00 e. The molecule has 9 heteroatoms. The third-order valence-corrected chi connectivity index (χ3v) is 1.85. The molecule has 0 heterocycles. The number of carbonyl (C=O) groups excluding carboxylic acids is 1. The van der Waals surface area contributed by atoms with Gasteiger partial charge in [0.05, 0.1) is 12.6 Å². The Morgan fingerprint density at radius 2 is 1.44 bits per heavy atom. The van der Waals surface area contributed by atoms with Gasteiger partial charge in [-0.3, -0.25) is 0 Å². The van der Waals surface area contributed by atoms with Gasteiger partial charge in [-0.15, -0.1) is 0 Å². The van der Waals surface area contributed by atoms with E-state index in [1.165, 1.54) is 0 Å². The summed E-state index contributed by atoms with van der Waals surface area (Å²) in [6, 6.07) is 0. The van der Waals surface area contributed by atoms with E-state index < -0.39 is 43.1 Å². The molecule has 0 aliphatic heterocycles. The predicted octanol–water partition coefficient (Wildman–Crippen LogP) is -5.47. The fraction of sp³-hybridized carbons (Fsp3) is 0.857. The van der Waals surface area contributed by atoms with Gasteiger partial charge in [-0.05, 0) is 0 Å². The van der Waals surface area contributed by atoms with Crippen LogP contribution in [0.25, 0.3) is 0 Å². The monoisotopic (exact) mass is 288 g/mol. The Bertz CT molecular complexity index is 213. The SMILES string of the molecule is O=C([O-])[C@@H](O)[C@H](O)[C@@H](O)[C@H](O)[C@H](O)CO.[Cu+2]. The number of carboxylic acid groups (broad SMARTS) is 1. The molecule has 8 nitrogen and oxygen atoms in total. The first kappa shape index (κ1) is 18.1. The maximum absolute atomic E-state index is 10.1. The zero-order chi connectivity index (χ0) is 12.2. The molecule has 0 amide bonds. The van der Waals surface area contributed by atoms with E-state index in [1.807, 2.05) is 0 Å². The van der Waals surface area contributed by atoms with Crippen LogP contribution in [0.1, 0.15) is 0 Å². The van der Waals surface area contributed by atoms with Crippen LogP contribution >= 0.6 is 0 Å². The van der Waals surface area contributed by atoms with Gasteiger partial charge in [0, 0.05) is 0 Å². The molecule has 0 saturated carbocycles. The van der Waals surface area contributed by atoms with E-state index >= 15 is 0 Å². The number of aliphatic carboxylic acids is 1. The van der Waals surface area contributed by atoms with Crippen LogP contribution in [-0.2, 0) is 21.9 Å². The molecule has 0 unspecified atom stereocenters. The van der Waals surface area contributed by atoms with Gasteiger partial charge in [0.15, 0.2) is 0 Å². The van der Waals surface area contributed by atoms with E-state index in [4.69, 9.17) is 30.6 Å². The first-order chi connectivity index (χ1) is 6.82. The molecule has 0 saturated heterocycles. The minimum Gasteiger partial charge on any atom is -0.547 e. The zero-order valence-corrected chi connectivity index (χ0v) is 8.84. The van der Waals surface area contributed by atoms with Gasteiger partial charge in [0.2, 0.25) is 0 Å². The number of aliphatic hydroxyl groups excluding tert-OH is 6.